The third kappa shape index (κ3) is 3.88. The van der Waals surface area contributed by atoms with Gasteiger partial charge in [-0.3, -0.25) is 0 Å². The summed E-state index contributed by atoms with van der Waals surface area (Å²) in [7, 11) is -2.20. The van der Waals surface area contributed by atoms with E-state index < -0.39 is 10.0 Å². The summed E-state index contributed by atoms with van der Waals surface area (Å²) in [4.78, 5) is 0.0462. The Balaban J connectivity index is 2.25. The van der Waals surface area contributed by atoms with E-state index in [9.17, 15) is 8.42 Å². The quantitative estimate of drug-likeness (QED) is 0.865. The van der Waals surface area contributed by atoms with Gasteiger partial charge in [0.2, 0.25) is 10.0 Å². The number of ether oxygens (including phenoxy) is 1. The normalized spacial score (nSPS) is 23.0. The van der Waals surface area contributed by atoms with Gasteiger partial charge in [0.15, 0.2) is 0 Å². The number of hydrogen-bond acceptors (Lipinski definition) is 4. The van der Waals surface area contributed by atoms with Crippen molar-refractivity contribution >= 4 is 21.6 Å². The molecule has 2 atom stereocenters. The van der Waals surface area contributed by atoms with Crippen LogP contribution in [0.5, 0.6) is 5.75 Å². The van der Waals surface area contributed by atoms with Crippen molar-refractivity contribution in [1.82, 2.24) is 4.72 Å². The fourth-order valence-corrected chi connectivity index (χ4v) is 4.58. The monoisotopic (exact) mass is 332 g/mol. The van der Waals surface area contributed by atoms with Crippen LogP contribution >= 0.6 is 11.6 Å². The Kier molecular flexibility index (Phi) is 5.48. The maximum Gasteiger partial charge on any atom is 0.242 e. The van der Waals surface area contributed by atoms with Crippen molar-refractivity contribution in [3.63, 3.8) is 0 Å². The Bertz CT molecular complexity index is 592. The molecule has 2 rings (SSSR count). The van der Waals surface area contributed by atoms with Crippen LogP contribution in [-0.4, -0.2) is 28.1 Å². The summed E-state index contributed by atoms with van der Waals surface area (Å²) in [6.07, 6.45) is 3.87. The van der Waals surface area contributed by atoms with E-state index in [1.165, 1.54) is 19.2 Å². The highest BCUT2D eigenvalue weighted by Crippen LogP contribution is 2.29. The SMILES string of the molecule is COc1ccc(Cl)c(S(=O)(=O)NC2CCCCC2CN)c1. The molecule has 1 aliphatic rings. The van der Waals surface area contributed by atoms with Gasteiger partial charge < -0.3 is 10.5 Å². The number of methoxy groups -OCH3 is 1. The summed E-state index contributed by atoms with van der Waals surface area (Å²) in [5.41, 5.74) is 5.75. The number of benzene rings is 1. The molecule has 5 nitrogen and oxygen atoms in total. The first-order valence-electron chi connectivity index (χ1n) is 7.04. The molecular weight excluding hydrogens is 312 g/mol. The predicted octanol–water partition coefficient (Wildman–Crippen LogP) is 2.14. The molecule has 7 heteroatoms. The Morgan fingerprint density at radius 3 is 2.76 bits per heavy atom. The first-order chi connectivity index (χ1) is 9.97. The van der Waals surface area contributed by atoms with Crippen molar-refractivity contribution in [2.75, 3.05) is 13.7 Å². The summed E-state index contributed by atoms with van der Waals surface area (Å²) >= 11 is 6.03. The molecule has 118 valence electrons. The van der Waals surface area contributed by atoms with E-state index in [0.717, 1.165) is 25.7 Å². The zero-order valence-electron chi connectivity index (χ0n) is 12.0. The molecule has 0 saturated heterocycles. The topological polar surface area (TPSA) is 81.4 Å². The maximum absolute atomic E-state index is 12.6. The summed E-state index contributed by atoms with van der Waals surface area (Å²) < 4.78 is 32.9. The second-order valence-electron chi connectivity index (χ2n) is 5.30. The maximum atomic E-state index is 12.6. The fourth-order valence-electron chi connectivity index (χ4n) is 2.72. The predicted molar refractivity (Wildman–Crippen MR) is 83.1 cm³/mol. The number of halogens is 1. The van der Waals surface area contributed by atoms with Gasteiger partial charge in [-0.2, -0.15) is 0 Å². The molecule has 1 aromatic rings. The number of nitrogens with two attached hydrogens (primary N) is 1. The minimum Gasteiger partial charge on any atom is -0.497 e. The van der Waals surface area contributed by atoms with Gasteiger partial charge in [-0.15, -0.1) is 0 Å². The standard InChI is InChI=1S/C14H21ClN2O3S/c1-20-11-6-7-12(15)14(8-11)21(18,19)17-13-5-3-2-4-10(13)9-16/h6-8,10,13,17H,2-5,9,16H2,1H3. The van der Waals surface area contributed by atoms with Crippen LogP contribution in [0.2, 0.25) is 5.02 Å². The summed E-state index contributed by atoms with van der Waals surface area (Å²) in [5, 5.41) is 0.184. The Labute approximate surface area is 130 Å². The van der Waals surface area contributed by atoms with E-state index in [2.05, 4.69) is 4.72 Å². The lowest BCUT2D eigenvalue weighted by Crippen LogP contribution is -2.44. The van der Waals surface area contributed by atoms with Crippen LogP contribution in [0.3, 0.4) is 0 Å². The first-order valence-corrected chi connectivity index (χ1v) is 8.90. The molecule has 2 unspecified atom stereocenters. The Morgan fingerprint density at radius 1 is 1.38 bits per heavy atom. The minimum atomic E-state index is -3.68. The molecule has 1 fully saturated rings. The summed E-state index contributed by atoms with van der Waals surface area (Å²) in [6, 6.07) is 4.46. The van der Waals surface area contributed by atoms with Gasteiger partial charge in [-0.25, -0.2) is 13.1 Å². The third-order valence-corrected chi connectivity index (χ3v) is 5.92. The summed E-state index contributed by atoms with van der Waals surface area (Å²) in [5.74, 6) is 0.636. The molecule has 0 amide bonds. The molecule has 0 aliphatic heterocycles. The fraction of sp³-hybridized carbons (Fsp3) is 0.571. The lowest BCUT2D eigenvalue weighted by atomic mass is 9.85. The largest absolute Gasteiger partial charge is 0.497 e. The van der Waals surface area contributed by atoms with E-state index in [4.69, 9.17) is 22.1 Å². The molecule has 1 aromatic carbocycles. The van der Waals surface area contributed by atoms with Crippen LogP contribution in [0.15, 0.2) is 23.1 Å². The van der Waals surface area contributed by atoms with Gasteiger partial charge >= 0.3 is 0 Å². The van der Waals surface area contributed by atoms with Crippen LogP contribution in [0.4, 0.5) is 0 Å². The number of hydrogen-bond donors (Lipinski definition) is 2. The number of rotatable bonds is 5. The molecule has 1 saturated carbocycles. The van der Waals surface area contributed by atoms with Gasteiger partial charge in [0.1, 0.15) is 10.6 Å². The molecule has 0 heterocycles. The van der Waals surface area contributed by atoms with Gasteiger partial charge in [-0.05, 0) is 37.4 Å². The molecule has 21 heavy (non-hydrogen) atoms. The van der Waals surface area contributed by atoms with E-state index in [-0.39, 0.29) is 21.9 Å². The van der Waals surface area contributed by atoms with Crippen molar-refractivity contribution in [2.45, 2.75) is 36.6 Å². The van der Waals surface area contributed by atoms with E-state index in [1.54, 1.807) is 6.07 Å². The lowest BCUT2D eigenvalue weighted by Gasteiger charge is -2.31. The second kappa shape index (κ2) is 6.96. The zero-order valence-corrected chi connectivity index (χ0v) is 13.6. The molecule has 0 spiro atoms. The van der Waals surface area contributed by atoms with Gasteiger partial charge in [0, 0.05) is 12.1 Å². The lowest BCUT2D eigenvalue weighted by molar-refractivity contribution is 0.296. The highest BCUT2D eigenvalue weighted by Gasteiger charge is 2.29. The van der Waals surface area contributed by atoms with Crippen LogP contribution in [-0.2, 0) is 10.0 Å². The van der Waals surface area contributed by atoms with Crippen molar-refractivity contribution in [3.8, 4) is 5.75 Å². The van der Waals surface area contributed by atoms with Crippen LogP contribution < -0.4 is 15.2 Å². The van der Waals surface area contributed by atoms with Gasteiger partial charge in [0.25, 0.3) is 0 Å². The van der Waals surface area contributed by atoms with Crippen LogP contribution in [0, 0.1) is 5.92 Å². The smallest absolute Gasteiger partial charge is 0.242 e. The molecule has 0 radical (unpaired) electrons. The molecular formula is C14H21ClN2O3S. The van der Waals surface area contributed by atoms with Crippen molar-refractivity contribution < 1.29 is 13.2 Å². The number of nitrogens with one attached hydrogen (secondary N) is 1. The zero-order chi connectivity index (χ0) is 15.5. The Hall–Kier alpha value is -0.820. The van der Waals surface area contributed by atoms with Gasteiger partial charge in [0.05, 0.1) is 12.1 Å². The summed E-state index contributed by atoms with van der Waals surface area (Å²) in [6.45, 7) is 0.485. The van der Waals surface area contributed by atoms with E-state index in [0.29, 0.717) is 12.3 Å². The highest BCUT2D eigenvalue weighted by atomic mass is 35.5. The first kappa shape index (κ1) is 16.5. The molecule has 0 bridgehead atoms. The van der Waals surface area contributed by atoms with Crippen molar-refractivity contribution in [2.24, 2.45) is 11.7 Å². The van der Waals surface area contributed by atoms with Crippen LogP contribution in [0.1, 0.15) is 25.7 Å². The minimum absolute atomic E-state index is 0.0462. The Morgan fingerprint density at radius 2 is 2.10 bits per heavy atom. The van der Waals surface area contributed by atoms with Crippen molar-refractivity contribution in [1.29, 1.82) is 0 Å². The second-order valence-corrected chi connectivity index (χ2v) is 7.39. The number of sulfonamides is 1. The van der Waals surface area contributed by atoms with Crippen molar-refractivity contribution in [3.05, 3.63) is 23.2 Å². The molecule has 3 N–H and O–H groups in total. The molecule has 1 aliphatic carbocycles. The highest BCUT2D eigenvalue weighted by molar-refractivity contribution is 7.89. The third-order valence-electron chi connectivity index (χ3n) is 3.95. The molecule has 0 aromatic heterocycles. The van der Waals surface area contributed by atoms with Gasteiger partial charge in [-0.1, -0.05) is 24.4 Å². The van der Waals surface area contributed by atoms with E-state index in [1.807, 2.05) is 0 Å². The van der Waals surface area contributed by atoms with E-state index >= 15 is 0 Å². The average molecular weight is 333 g/mol. The van der Waals surface area contributed by atoms with Crippen LogP contribution in [0.25, 0.3) is 0 Å². The average Bonchev–Trinajstić information content (AvgIpc) is 2.47.